The van der Waals surface area contributed by atoms with Gasteiger partial charge < -0.3 is 4.74 Å². The van der Waals surface area contributed by atoms with E-state index >= 15 is 0 Å². The van der Waals surface area contributed by atoms with Gasteiger partial charge in [-0.25, -0.2) is 9.97 Å². The van der Waals surface area contributed by atoms with Crippen LogP contribution in [0.3, 0.4) is 0 Å². The van der Waals surface area contributed by atoms with Crippen LogP contribution < -0.4 is 0 Å². The summed E-state index contributed by atoms with van der Waals surface area (Å²) in [5.74, 6) is 0.925. The Bertz CT molecular complexity index is 717. The second-order valence-corrected chi connectivity index (χ2v) is 8.22. The first-order valence-corrected chi connectivity index (χ1v) is 9.97. The van der Waals surface area contributed by atoms with Crippen molar-refractivity contribution in [2.75, 3.05) is 26.3 Å². The third kappa shape index (κ3) is 4.71. The first-order chi connectivity index (χ1) is 13.0. The van der Waals surface area contributed by atoms with Crippen LogP contribution in [0.2, 0.25) is 0 Å². The van der Waals surface area contributed by atoms with E-state index in [9.17, 15) is 0 Å². The molecule has 0 saturated carbocycles. The van der Waals surface area contributed by atoms with Gasteiger partial charge in [0.2, 0.25) is 0 Å². The van der Waals surface area contributed by atoms with Crippen molar-refractivity contribution in [3.05, 3.63) is 53.9 Å². The van der Waals surface area contributed by atoms with Crippen molar-refractivity contribution < 1.29 is 4.74 Å². The van der Waals surface area contributed by atoms with Gasteiger partial charge in [-0.1, -0.05) is 6.07 Å². The lowest BCUT2D eigenvalue weighted by Crippen LogP contribution is -2.42. The number of pyridine rings is 1. The topological polar surface area (TPSA) is 51.1 Å². The van der Waals surface area contributed by atoms with Crippen LogP contribution in [0.4, 0.5) is 0 Å². The molecule has 0 unspecified atom stereocenters. The number of ether oxygens (including phenoxy) is 1. The van der Waals surface area contributed by atoms with Crippen LogP contribution in [0.25, 0.3) is 0 Å². The summed E-state index contributed by atoms with van der Waals surface area (Å²) < 4.78 is 5.91. The Kier molecular flexibility index (Phi) is 6.22. The highest BCUT2D eigenvalue weighted by Gasteiger charge is 2.43. The molecular weight excluding hydrogens is 336 g/mol. The van der Waals surface area contributed by atoms with Crippen LogP contribution in [0.5, 0.6) is 0 Å². The Morgan fingerprint density at radius 2 is 1.96 bits per heavy atom. The summed E-state index contributed by atoms with van der Waals surface area (Å²) in [6.45, 7) is 12.4. The van der Waals surface area contributed by atoms with Crippen molar-refractivity contribution in [3.8, 4) is 0 Å². The number of hydrogen-bond donors (Lipinski definition) is 0. The highest BCUT2D eigenvalue weighted by atomic mass is 16.5. The SMILES string of the molecule is CCOC[C@]1(CCc2ncccn2)CCN(C(C)(C)c2ccc(C)nc2)C1. The predicted molar refractivity (Wildman–Crippen MR) is 107 cm³/mol. The standard InChI is InChI=1S/C22H32N4O/c1-5-27-17-22(10-9-20-23-12-6-13-24-20)11-14-26(16-22)21(3,4)19-8-7-18(2)25-15-19/h6-8,12-13,15H,5,9-11,14,16-17H2,1-4H3/t22-/m1/s1. The van der Waals surface area contributed by atoms with Crippen molar-refractivity contribution >= 4 is 0 Å². The van der Waals surface area contributed by atoms with Gasteiger partial charge in [0.05, 0.1) is 6.61 Å². The molecule has 0 amide bonds. The van der Waals surface area contributed by atoms with Crippen molar-refractivity contribution in [3.63, 3.8) is 0 Å². The number of nitrogens with zero attached hydrogens (tertiary/aromatic N) is 4. The highest BCUT2D eigenvalue weighted by Crippen LogP contribution is 2.41. The monoisotopic (exact) mass is 368 g/mol. The molecule has 0 aliphatic carbocycles. The van der Waals surface area contributed by atoms with E-state index in [1.807, 2.05) is 31.6 Å². The maximum Gasteiger partial charge on any atom is 0.128 e. The summed E-state index contributed by atoms with van der Waals surface area (Å²) in [5.41, 5.74) is 2.44. The van der Waals surface area contributed by atoms with E-state index in [0.717, 1.165) is 57.1 Å². The molecule has 3 heterocycles. The number of likely N-dealkylation sites (tertiary alicyclic amines) is 1. The summed E-state index contributed by atoms with van der Waals surface area (Å²) in [4.78, 5) is 15.9. The summed E-state index contributed by atoms with van der Waals surface area (Å²) in [5, 5.41) is 0. The van der Waals surface area contributed by atoms with Gasteiger partial charge in [0.25, 0.3) is 0 Å². The maximum atomic E-state index is 5.91. The summed E-state index contributed by atoms with van der Waals surface area (Å²) in [6.07, 6.45) is 8.76. The summed E-state index contributed by atoms with van der Waals surface area (Å²) in [6, 6.07) is 6.19. The Labute approximate surface area is 163 Å². The van der Waals surface area contributed by atoms with E-state index in [0.29, 0.717) is 0 Å². The molecule has 5 nitrogen and oxygen atoms in total. The molecule has 2 aromatic heterocycles. The highest BCUT2D eigenvalue weighted by molar-refractivity contribution is 5.22. The third-order valence-corrected chi connectivity index (χ3v) is 5.96. The second kappa shape index (κ2) is 8.44. The van der Waals surface area contributed by atoms with Gasteiger partial charge in [0.1, 0.15) is 5.82 Å². The van der Waals surface area contributed by atoms with Gasteiger partial charge in [0, 0.05) is 54.8 Å². The van der Waals surface area contributed by atoms with E-state index in [-0.39, 0.29) is 11.0 Å². The van der Waals surface area contributed by atoms with E-state index < -0.39 is 0 Å². The average Bonchev–Trinajstić information content (AvgIpc) is 3.12. The third-order valence-electron chi connectivity index (χ3n) is 5.96. The van der Waals surface area contributed by atoms with E-state index in [1.54, 1.807) is 0 Å². The Morgan fingerprint density at radius 3 is 2.63 bits per heavy atom. The zero-order valence-corrected chi connectivity index (χ0v) is 17.1. The van der Waals surface area contributed by atoms with Crippen molar-refractivity contribution in [1.82, 2.24) is 19.9 Å². The molecule has 1 saturated heterocycles. The molecule has 146 valence electrons. The van der Waals surface area contributed by atoms with Crippen molar-refractivity contribution in [1.29, 1.82) is 0 Å². The van der Waals surface area contributed by atoms with E-state index in [4.69, 9.17) is 4.74 Å². The first-order valence-electron chi connectivity index (χ1n) is 9.97. The molecule has 0 aromatic carbocycles. The summed E-state index contributed by atoms with van der Waals surface area (Å²) >= 11 is 0. The fourth-order valence-corrected chi connectivity index (χ4v) is 3.97. The lowest BCUT2D eigenvalue weighted by atomic mass is 9.82. The number of aromatic nitrogens is 3. The second-order valence-electron chi connectivity index (χ2n) is 8.22. The average molecular weight is 369 g/mol. The molecule has 0 bridgehead atoms. The minimum absolute atomic E-state index is 0.0437. The molecule has 1 aliphatic rings. The smallest absolute Gasteiger partial charge is 0.128 e. The van der Waals surface area contributed by atoms with Gasteiger partial charge in [0.15, 0.2) is 0 Å². The predicted octanol–water partition coefficient (Wildman–Crippen LogP) is 3.78. The van der Waals surface area contributed by atoms with Crippen LogP contribution in [0.1, 0.15) is 50.7 Å². The minimum Gasteiger partial charge on any atom is -0.381 e. The molecular formula is C22H32N4O. The molecule has 0 radical (unpaired) electrons. The normalized spacial score (nSPS) is 20.9. The van der Waals surface area contributed by atoms with Crippen molar-refractivity contribution in [2.45, 2.75) is 52.5 Å². The van der Waals surface area contributed by atoms with Crippen LogP contribution in [-0.4, -0.2) is 46.2 Å². The van der Waals surface area contributed by atoms with Crippen LogP contribution in [0.15, 0.2) is 36.8 Å². The number of hydrogen-bond acceptors (Lipinski definition) is 5. The lowest BCUT2D eigenvalue weighted by Gasteiger charge is -2.38. The summed E-state index contributed by atoms with van der Waals surface area (Å²) in [7, 11) is 0. The fourth-order valence-electron chi connectivity index (χ4n) is 3.97. The zero-order chi connectivity index (χ0) is 19.3. The van der Waals surface area contributed by atoms with Crippen LogP contribution in [0, 0.1) is 12.3 Å². The molecule has 0 spiro atoms. The molecule has 5 heteroatoms. The van der Waals surface area contributed by atoms with Crippen LogP contribution >= 0.6 is 0 Å². The number of aryl methyl sites for hydroxylation is 2. The van der Waals surface area contributed by atoms with Gasteiger partial charge in [-0.15, -0.1) is 0 Å². The molecule has 27 heavy (non-hydrogen) atoms. The van der Waals surface area contributed by atoms with Crippen molar-refractivity contribution in [2.24, 2.45) is 5.41 Å². The maximum absolute atomic E-state index is 5.91. The largest absolute Gasteiger partial charge is 0.381 e. The molecule has 1 aliphatic heterocycles. The van der Waals surface area contributed by atoms with Gasteiger partial charge in [-0.05, 0) is 64.8 Å². The Balaban J connectivity index is 1.73. The Morgan fingerprint density at radius 1 is 1.19 bits per heavy atom. The molecule has 0 N–H and O–H groups in total. The zero-order valence-electron chi connectivity index (χ0n) is 17.1. The first kappa shape index (κ1) is 19.9. The van der Waals surface area contributed by atoms with Gasteiger partial charge in [-0.3, -0.25) is 9.88 Å². The van der Waals surface area contributed by atoms with Gasteiger partial charge in [-0.2, -0.15) is 0 Å². The quantitative estimate of drug-likeness (QED) is 0.710. The molecule has 3 rings (SSSR count). The molecule has 1 atom stereocenters. The lowest BCUT2D eigenvalue weighted by molar-refractivity contribution is 0.0382. The molecule has 1 fully saturated rings. The van der Waals surface area contributed by atoms with Crippen LogP contribution in [-0.2, 0) is 16.7 Å². The Hall–Kier alpha value is -1.85. The van der Waals surface area contributed by atoms with E-state index in [1.165, 1.54) is 5.56 Å². The van der Waals surface area contributed by atoms with E-state index in [2.05, 4.69) is 52.8 Å². The minimum atomic E-state index is -0.0437. The van der Waals surface area contributed by atoms with Gasteiger partial charge >= 0.3 is 0 Å². The number of rotatable bonds is 8. The molecule has 2 aromatic rings. The fraction of sp³-hybridized carbons (Fsp3) is 0.591.